The molecule has 42 heavy (non-hydrogen) atoms. The molecule has 3 aromatic heterocycles. The van der Waals surface area contributed by atoms with Crippen LogP contribution in [0.1, 0.15) is 58.4 Å². The number of anilines is 2. The number of fused-ring (bicyclic) bond motifs is 2. The van der Waals surface area contributed by atoms with Gasteiger partial charge in [-0.15, -0.1) is 0 Å². The highest BCUT2D eigenvalue weighted by Crippen LogP contribution is 2.26. The first-order chi connectivity index (χ1) is 19.8. The molecule has 4 heterocycles. The topological polar surface area (TPSA) is 116 Å². The maximum absolute atomic E-state index is 13.4. The van der Waals surface area contributed by atoms with Gasteiger partial charge < -0.3 is 19.7 Å². The average Bonchev–Trinajstić information content (AvgIpc) is 3.20. The molecule has 0 bridgehead atoms. The van der Waals surface area contributed by atoms with Gasteiger partial charge in [0.15, 0.2) is 11.5 Å². The van der Waals surface area contributed by atoms with Crippen molar-refractivity contribution >= 4 is 28.8 Å². The lowest BCUT2D eigenvalue weighted by atomic mass is 9.92. The van der Waals surface area contributed by atoms with E-state index in [-0.39, 0.29) is 17.1 Å². The van der Waals surface area contributed by atoms with E-state index in [2.05, 4.69) is 37.1 Å². The van der Waals surface area contributed by atoms with Gasteiger partial charge in [-0.05, 0) is 62.6 Å². The van der Waals surface area contributed by atoms with Crippen molar-refractivity contribution < 1.29 is 14.3 Å². The molecule has 1 aliphatic heterocycles. The largest absolute Gasteiger partial charge is 0.444 e. The van der Waals surface area contributed by atoms with Crippen LogP contribution in [0.3, 0.4) is 0 Å². The van der Waals surface area contributed by atoms with Gasteiger partial charge in [-0.2, -0.15) is 4.98 Å². The summed E-state index contributed by atoms with van der Waals surface area (Å²) in [5, 5.41) is 3.68. The van der Waals surface area contributed by atoms with E-state index in [9.17, 15) is 9.59 Å². The van der Waals surface area contributed by atoms with E-state index >= 15 is 0 Å². The quantitative estimate of drug-likeness (QED) is 0.344. The summed E-state index contributed by atoms with van der Waals surface area (Å²) in [5.41, 5.74) is 3.39. The van der Waals surface area contributed by atoms with Gasteiger partial charge in [0.05, 0.1) is 13.2 Å². The zero-order valence-corrected chi connectivity index (χ0v) is 25.4. The molecule has 0 radical (unpaired) electrons. The maximum atomic E-state index is 13.4. The van der Waals surface area contributed by atoms with Crippen LogP contribution in [0.4, 0.5) is 16.4 Å². The predicted octanol–water partition coefficient (Wildman–Crippen LogP) is 4.96. The van der Waals surface area contributed by atoms with Crippen LogP contribution in [0.15, 0.2) is 47.4 Å². The Labute approximate surface area is 245 Å². The number of ether oxygens (including phenoxy) is 2. The molecular weight excluding hydrogens is 534 g/mol. The lowest BCUT2D eigenvalue weighted by Gasteiger charge is -2.31. The van der Waals surface area contributed by atoms with Gasteiger partial charge in [0, 0.05) is 43.2 Å². The molecule has 1 aromatic carbocycles. The molecule has 0 saturated carbocycles. The fraction of sp³-hybridized carbons (Fsp3) is 0.452. The van der Waals surface area contributed by atoms with E-state index in [1.54, 1.807) is 27.6 Å². The van der Waals surface area contributed by atoms with Crippen LogP contribution in [0, 0.1) is 0 Å². The second-order valence-electron chi connectivity index (χ2n) is 12.6. The summed E-state index contributed by atoms with van der Waals surface area (Å²) in [6.45, 7) is 13.6. The molecule has 11 heteroatoms. The summed E-state index contributed by atoms with van der Waals surface area (Å²) in [5.74, 6) is 0.929. The number of carbonyl (C=O) groups is 1. The van der Waals surface area contributed by atoms with Gasteiger partial charge in [0.1, 0.15) is 11.0 Å². The van der Waals surface area contributed by atoms with Crippen molar-refractivity contribution in [1.82, 2.24) is 29.2 Å². The van der Waals surface area contributed by atoms with Crippen molar-refractivity contribution in [3.05, 3.63) is 69.8 Å². The lowest BCUT2D eigenvalue weighted by Crippen LogP contribution is -2.39. The van der Waals surface area contributed by atoms with Gasteiger partial charge >= 0.3 is 6.09 Å². The molecule has 11 nitrogen and oxygen atoms in total. The third-order valence-electron chi connectivity index (χ3n) is 7.03. The highest BCUT2D eigenvalue weighted by molar-refractivity contribution is 5.77. The molecule has 5 rings (SSSR count). The molecule has 0 fully saturated rings. The fourth-order valence-electron chi connectivity index (χ4n) is 4.91. The third-order valence-corrected chi connectivity index (χ3v) is 7.03. The Hall–Kier alpha value is -4.25. The summed E-state index contributed by atoms with van der Waals surface area (Å²) in [6.07, 6.45) is 1.97. The first-order valence-corrected chi connectivity index (χ1v) is 14.2. The van der Waals surface area contributed by atoms with Gasteiger partial charge in [-0.25, -0.2) is 24.1 Å². The highest BCUT2D eigenvalue weighted by Gasteiger charge is 2.26. The van der Waals surface area contributed by atoms with Crippen LogP contribution in [0.25, 0.3) is 16.9 Å². The number of methoxy groups -OCH3 is 1. The van der Waals surface area contributed by atoms with E-state index < -0.39 is 5.60 Å². The van der Waals surface area contributed by atoms with Crippen molar-refractivity contribution in [3.63, 3.8) is 0 Å². The first kappa shape index (κ1) is 29.2. The summed E-state index contributed by atoms with van der Waals surface area (Å²) in [7, 11) is 1.60. The standard InChI is InChI=1S/C31H39N7O4/c1-30(2,3)24-9-8-10-25(34-24)38-26-23(27(39)37(38)15-16-41-7)18-32-28(35-26)33-22-12-11-20-13-14-36(19-21(20)17-22)29(40)42-31(4,5)6/h8-12,17-18H,13-16,19H2,1-7H3,(H,32,33,35). The molecule has 0 aliphatic carbocycles. The molecule has 1 amide bonds. The number of rotatable bonds is 6. The monoisotopic (exact) mass is 573 g/mol. The molecule has 1 N–H and O–H groups in total. The Morgan fingerprint density at radius 3 is 2.55 bits per heavy atom. The average molecular weight is 574 g/mol. The first-order valence-electron chi connectivity index (χ1n) is 14.2. The number of hydrogen-bond acceptors (Lipinski definition) is 8. The van der Waals surface area contributed by atoms with E-state index in [0.29, 0.717) is 49.0 Å². The van der Waals surface area contributed by atoms with Gasteiger partial charge in [0.2, 0.25) is 5.95 Å². The minimum absolute atomic E-state index is 0.177. The van der Waals surface area contributed by atoms with E-state index in [0.717, 1.165) is 23.4 Å². The second kappa shape index (κ2) is 11.2. The molecule has 4 aromatic rings. The fourth-order valence-corrected chi connectivity index (χ4v) is 4.91. The lowest BCUT2D eigenvalue weighted by molar-refractivity contribution is 0.0224. The van der Waals surface area contributed by atoms with Gasteiger partial charge in [0.25, 0.3) is 5.56 Å². The van der Waals surface area contributed by atoms with Crippen molar-refractivity contribution in [3.8, 4) is 5.82 Å². The number of nitrogens with zero attached hydrogens (tertiary/aromatic N) is 6. The number of amides is 1. The van der Waals surface area contributed by atoms with Crippen LogP contribution in [-0.4, -0.2) is 61.2 Å². The summed E-state index contributed by atoms with van der Waals surface area (Å²) < 4.78 is 14.2. The highest BCUT2D eigenvalue weighted by atomic mass is 16.6. The molecule has 0 spiro atoms. The Balaban J connectivity index is 1.49. The van der Waals surface area contributed by atoms with Crippen LogP contribution in [-0.2, 0) is 34.4 Å². The number of aromatic nitrogens is 5. The minimum Gasteiger partial charge on any atom is -0.444 e. The molecule has 0 unspecified atom stereocenters. The molecule has 0 saturated heterocycles. The zero-order chi connectivity index (χ0) is 30.2. The Morgan fingerprint density at radius 2 is 1.83 bits per heavy atom. The van der Waals surface area contributed by atoms with Crippen molar-refractivity contribution in [1.29, 1.82) is 0 Å². The van der Waals surface area contributed by atoms with Crippen LogP contribution < -0.4 is 10.9 Å². The Morgan fingerprint density at radius 1 is 1.05 bits per heavy atom. The zero-order valence-electron chi connectivity index (χ0n) is 25.4. The van der Waals surface area contributed by atoms with Crippen LogP contribution in [0.2, 0.25) is 0 Å². The van der Waals surface area contributed by atoms with Crippen LogP contribution in [0.5, 0.6) is 0 Å². The Bertz CT molecular complexity index is 1680. The summed E-state index contributed by atoms with van der Waals surface area (Å²) in [6, 6.07) is 11.8. The molecule has 222 valence electrons. The van der Waals surface area contributed by atoms with Crippen molar-refractivity contribution in [2.45, 2.75) is 72.1 Å². The van der Waals surface area contributed by atoms with Crippen molar-refractivity contribution in [2.75, 3.05) is 25.6 Å². The predicted molar refractivity (Wildman–Crippen MR) is 162 cm³/mol. The van der Waals surface area contributed by atoms with Crippen LogP contribution >= 0.6 is 0 Å². The third kappa shape index (κ3) is 6.15. The number of nitrogens with one attached hydrogen (secondary N) is 1. The normalized spacial score (nSPS) is 13.7. The number of hydrogen-bond donors (Lipinski definition) is 1. The van der Waals surface area contributed by atoms with Gasteiger partial charge in [-0.1, -0.05) is 32.9 Å². The smallest absolute Gasteiger partial charge is 0.410 e. The number of carbonyl (C=O) groups excluding carboxylic acids is 1. The van der Waals surface area contributed by atoms with E-state index in [1.807, 2.05) is 51.1 Å². The summed E-state index contributed by atoms with van der Waals surface area (Å²) >= 11 is 0. The molecular formula is C31H39N7O4. The molecule has 0 atom stereocenters. The summed E-state index contributed by atoms with van der Waals surface area (Å²) in [4.78, 5) is 41.9. The Kier molecular flexibility index (Phi) is 7.80. The second-order valence-corrected chi connectivity index (χ2v) is 12.6. The molecule has 1 aliphatic rings. The SMILES string of the molecule is COCCn1c(=O)c2cnc(Nc3ccc4c(c3)CN(C(=O)OC(C)(C)C)CC4)nc2n1-c1cccc(C(C)(C)C)n1. The minimum atomic E-state index is -0.552. The number of pyridine rings is 1. The maximum Gasteiger partial charge on any atom is 0.410 e. The van der Waals surface area contributed by atoms with Gasteiger partial charge in [-0.3, -0.25) is 4.79 Å². The van der Waals surface area contributed by atoms with E-state index in [1.165, 1.54) is 5.56 Å². The number of benzene rings is 1. The van der Waals surface area contributed by atoms with E-state index in [4.69, 9.17) is 19.4 Å². The van der Waals surface area contributed by atoms with Crippen molar-refractivity contribution in [2.24, 2.45) is 0 Å².